The zero-order valence-electron chi connectivity index (χ0n) is 8.10. The monoisotopic (exact) mass is 211 g/mol. The molecule has 1 aliphatic heterocycles. The molecule has 1 heterocycles. The molecule has 1 aliphatic rings. The van der Waals surface area contributed by atoms with E-state index in [1.54, 1.807) is 0 Å². The van der Waals surface area contributed by atoms with Crippen molar-refractivity contribution in [1.29, 1.82) is 0 Å². The highest BCUT2D eigenvalue weighted by Gasteiger charge is 2.19. The van der Waals surface area contributed by atoms with E-state index in [9.17, 15) is 10.2 Å². The first-order chi connectivity index (χ1) is 7.18. The summed E-state index contributed by atoms with van der Waals surface area (Å²) in [6.07, 6.45) is 0.862. The van der Waals surface area contributed by atoms with Crippen LogP contribution >= 0.6 is 0 Å². The van der Waals surface area contributed by atoms with Crippen LogP contribution in [-0.4, -0.2) is 34.5 Å². The van der Waals surface area contributed by atoms with Gasteiger partial charge in [0.15, 0.2) is 11.5 Å². The lowest BCUT2D eigenvalue weighted by molar-refractivity contribution is 0.211. The molecule has 1 aromatic carbocycles. The molecular weight excluding hydrogens is 198 g/mol. The van der Waals surface area contributed by atoms with E-state index in [2.05, 4.69) is 5.32 Å². The van der Waals surface area contributed by atoms with Gasteiger partial charge in [0.25, 0.3) is 0 Å². The number of hydrogen-bond donors (Lipinski definition) is 4. The minimum Gasteiger partial charge on any atom is -0.504 e. The molecule has 0 radical (unpaired) electrons. The zero-order valence-corrected chi connectivity index (χ0v) is 8.10. The Morgan fingerprint density at radius 1 is 1.20 bits per heavy atom. The lowest BCUT2D eigenvalue weighted by Crippen LogP contribution is -2.19. The van der Waals surface area contributed by atoms with Crippen LogP contribution in [0.3, 0.4) is 0 Å². The Kier molecular flexibility index (Phi) is 2.55. The zero-order chi connectivity index (χ0) is 10.8. The molecule has 1 fully saturated rings. The lowest BCUT2D eigenvalue weighted by Gasteiger charge is -2.14. The lowest BCUT2D eigenvalue weighted by atomic mass is 10.2. The molecule has 1 saturated heterocycles. The Labute approximate surface area is 86.9 Å². The van der Waals surface area contributed by atoms with Crippen LogP contribution in [0.4, 0.5) is 0 Å². The maximum absolute atomic E-state index is 9.48. The van der Waals surface area contributed by atoms with E-state index in [0.29, 0.717) is 0 Å². The number of nitrogens with one attached hydrogen (secondary N) is 1. The fraction of sp³-hybridized carbons (Fsp3) is 0.400. The van der Waals surface area contributed by atoms with Gasteiger partial charge in [0.05, 0.1) is 0 Å². The molecule has 5 heteroatoms. The van der Waals surface area contributed by atoms with Gasteiger partial charge < -0.3 is 25.4 Å². The number of aromatic hydroxyl groups is 3. The Morgan fingerprint density at radius 2 is 2.00 bits per heavy atom. The summed E-state index contributed by atoms with van der Waals surface area (Å²) in [5.74, 6) is -1.12. The third-order valence-corrected chi connectivity index (χ3v) is 2.40. The molecule has 2 rings (SSSR count). The minimum atomic E-state index is -0.543. The first kappa shape index (κ1) is 9.92. The molecule has 1 aromatic rings. The van der Waals surface area contributed by atoms with Gasteiger partial charge in [0, 0.05) is 6.54 Å². The van der Waals surface area contributed by atoms with Crippen molar-refractivity contribution < 1.29 is 20.1 Å². The Hall–Kier alpha value is -1.62. The summed E-state index contributed by atoms with van der Waals surface area (Å²) < 4.78 is 5.46. The fourth-order valence-corrected chi connectivity index (χ4v) is 1.55. The van der Waals surface area contributed by atoms with E-state index < -0.39 is 11.5 Å². The second-order valence-corrected chi connectivity index (χ2v) is 3.51. The van der Waals surface area contributed by atoms with E-state index >= 15 is 0 Å². The third-order valence-electron chi connectivity index (χ3n) is 2.40. The van der Waals surface area contributed by atoms with Crippen molar-refractivity contribution >= 4 is 0 Å². The van der Waals surface area contributed by atoms with Gasteiger partial charge >= 0.3 is 0 Å². The van der Waals surface area contributed by atoms with Crippen LogP contribution < -0.4 is 10.1 Å². The second kappa shape index (κ2) is 3.86. The molecule has 0 amide bonds. The average molecular weight is 211 g/mol. The second-order valence-electron chi connectivity index (χ2n) is 3.51. The van der Waals surface area contributed by atoms with Gasteiger partial charge in [0.2, 0.25) is 11.5 Å². The van der Waals surface area contributed by atoms with E-state index in [-0.39, 0.29) is 17.6 Å². The van der Waals surface area contributed by atoms with Crippen molar-refractivity contribution in [2.45, 2.75) is 12.5 Å². The van der Waals surface area contributed by atoms with Gasteiger partial charge in [-0.1, -0.05) is 0 Å². The smallest absolute Gasteiger partial charge is 0.204 e. The Balaban J connectivity index is 2.17. The molecular formula is C10H13NO4. The number of hydrogen-bond acceptors (Lipinski definition) is 5. The molecule has 1 unspecified atom stereocenters. The molecule has 82 valence electrons. The normalized spacial score (nSPS) is 20.4. The molecule has 1 atom stereocenters. The summed E-state index contributed by atoms with van der Waals surface area (Å²) in [5.41, 5.74) is 0. The van der Waals surface area contributed by atoms with Crippen molar-refractivity contribution in [1.82, 2.24) is 5.32 Å². The van der Waals surface area contributed by atoms with Crippen LogP contribution in [0.2, 0.25) is 0 Å². The molecule has 15 heavy (non-hydrogen) atoms. The van der Waals surface area contributed by atoms with Crippen molar-refractivity contribution in [3.8, 4) is 23.0 Å². The fourth-order valence-electron chi connectivity index (χ4n) is 1.55. The summed E-state index contributed by atoms with van der Waals surface area (Å²) in [5, 5.41) is 31.0. The van der Waals surface area contributed by atoms with Gasteiger partial charge in [-0.05, 0) is 25.1 Å². The summed E-state index contributed by atoms with van der Waals surface area (Å²) >= 11 is 0. The van der Waals surface area contributed by atoms with Crippen LogP contribution in [0.25, 0.3) is 0 Å². The topological polar surface area (TPSA) is 82.0 Å². The molecule has 0 saturated carbocycles. The maximum Gasteiger partial charge on any atom is 0.204 e. The van der Waals surface area contributed by atoms with Crippen LogP contribution in [-0.2, 0) is 0 Å². The SMILES string of the molecule is Oc1ccc(OC2CCNC2)c(O)c1O. The number of ether oxygens (including phenoxy) is 1. The summed E-state index contributed by atoms with van der Waals surface area (Å²) in [7, 11) is 0. The molecule has 0 spiro atoms. The number of benzene rings is 1. The van der Waals surface area contributed by atoms with Gasteiger partial charge in [-0.2, -0.15) is 0 Å². The largest absolute Gasteiger partial charge is 0.504 e. The first-order valence-electron chi connectivity index (χ1n) is 4.79. The highest BCUT2D eigenvalue weighted by molar-refractivity contribution is 5.56. The molecule has 0 bridgehead atoms. The molecule has 0 aliphatic carbocycles. The van der Waals surface area contributed by atoms with Gasteiger partial charge in [0.1, 0.15) is 6.10 Å². The summed E-state index contributed by atoms with van der Waals surface area (Å²) in [6.45, 7) is 1.61. The number of phenolic OH excluding ortho intramolecular Hbond substituents is 3. The number of phenols is 3. The van der Waals surface area contributed by atoms with Crippen molar-refractivity contribution in [2.75, 3.05) is 13.1 Å². The van der Waals surface area contributed by atoms with E-state index in [4.69, 9.17) is 9.84 Å². The Morgan fingerprint density at radius 3 is 2.67 bits per heavy atom. The average Bonchev–Trinajstić information content (AvgIpc) is 2.72. The van der Waals surface area contributed by atoms with Crippen molar-refractivity contribution in [2.24, 2.45) is 0 Å². The highest BCUT2D eigenvalue weighted by atomic mass is 16.5. The van der Waals surface area contributed by atoms with Crippen LogP contribution in [0.1, 0.15) is 6.42 Å². The third kappa shape index (κ3) is 1.92. The highest BCUT2D eigenvalue weighted by Crippen LogP contribution is 2.42. The Bertz CT molecular complexity index is 361. The van der Waals surface area contributed by atoms with Crippen LogP contribution in [0, 0.1) is 0 Å². The van der Waals surface area contributed by atoms with Crippen molar-refractivity contribution in [3.05, 3.63) is 12.1 Å². The summed E-state index contributed by atoms with van der Waals surface area (Å²) in [6, 6.07) is 2.72. The van der Waals surface area contributed by atoms with Crippen molar-refractivity contribution in [3.63, 3.8) is 0 Å². The molecule has 4 N–H and O–H groups in total. The quantitative estimate of drug-likeness (QED) is 0.537. The maximum atomic E-state index is 9.48. The predicted octanol–water partition coefficient (Wildman–Crippen LogP) is 0.544. The summed E-state index contributed by atoms with van der Waals surface area (Å²) in [4.78, 5) is 0. The molecule has 0 aromatic heterocycles. The minimum absolute atomic E-state index is 0.000146. The predicted molar refractivity (Wildman–Crippen MR) is 53.3 cm³/mol. The first-order valence-corrected chi connectivity index (χ1v) is 4.79. The van der Waals surface area contributed by atoms with Crippen LogP contribution in [0.15, 0.2) is 12.1 Å². The van der Waals surface area contributed by atoms with E-state index in [0.717, 1.165) is 19.5 Å². The van der Waals surface area contributed by atoms with E-state index in [1.165, 1.54) is 12.1 Å². The van der Waals surface area contributed by atoms with Gasteiger partial charge in [-0.15, -0.1) is 0 Å². The van der Waals surface area contributed by atoms with E-state index in [1.807, 2.05) is 0 Å². The molecule has 5 nitrogen and oxygen atoms in total. The van der Waals surface area contributed by atoms with Crippen LogP contribution in [0.5, 0.6) is 23.0 Å². The van der Waals surface area contributed by atoms with Gasteiger partial charge in [-0.25, -0.2) is 0 Å². The standard InChI is InChI=1S/C10H13NO4/c12-7-1-2-8(10(14)9(7)13)15-6-3-4-11-5-6/h1-2,6,11-14H,3-5H2. The van der Waals surface area contributed by atoms with Gasteiger partial charge in [-0.3, -0.25) is 0 Å². The number of rotatable bonds is 2.